The Morgan fingerprint density at radius 1 is 1.04 bits per heavy atom. The van der Waals surface area contributed by atoms with Crippen molar-refractivity contribution < 1.29 is 13.2 Å². The van der Waals surface area contributed by atoms with Gasteiger partial charge in [0.1, 0.15) is 6.04 Å². The second kappa shape index (κ2) is 7.27. The van der Waals surface area contributed by atoms with Gasteiger partial charge in [-0.25, -0.2) is 8.42 Å². The van der Waals surface area contributed by atoms with Crippen LogP contribution in [0.2, 0.25) is 0 Å². The number of anilines is 2. The van der Waals surface area contributed by atoms with Gasteiger partial charge in [0.05, 0.1) is 11.9 Å². The van der Waals surface area contributed by atoms with Crippen molar-refractivity contribution in [2.24, 2.45) is 0 Å². The van der Waals surface area contributed by atoms with Gasteiger partial charge in [-0.1, -0.05) is 30.3 Å². The molecule has 2 aromatic rings. The number of carbonyl (C=O) groups excluding carboxylic acids is 1. The molecule has 0 aromatic heterocycles. The number of carbonyl (C=O) groups is 1. The highest BCUT2D eigenvalue weighted by atomic mass is 32.2. The average molecular weight is 360 g/mol. The van der Waals surface area contributed by atoms with Gasteiger partial charge >= 0.3 is 0 Å². The molecule has 1 atom stereocenters. The van der Waals surface area contributed by atoms with Gasteiger partial charge in [0.2, 0.25) is 15.9 Å². The van der Waals surface area contributed by atoms with Crippen molar-refractivity contribution in [3.8, 4) is 0 Å². The molecule has 134 valence electrons. The maximum atomic E-state index is 12.7. The number of benzene rings is 2. The summed E-state index contributed by atoms with van der Waals surface area (Å²) in [6.07, 6.45) is 1.12. The Labute approximate surface area is 149 Å². The van der Waals surface area contributed by atoms with Crippen molar-refractivity contribution >= 4 is 27.3 Å². The molecule has 6 heteroatoms. The van der Waals surface area contributed by atoms with Gasteiger partial charge < -0.3 is 5.32 Å². The Balaban J connectivity index is 2.40. The second-order valence-electron chi connectivity index (χ2n) is 6.33. The van der Waals surface area contributed by atoms with Gasteiger partial charge in [-0.15, -0.1) is 0 Å². The standard InChI is InChI=1S/C19H24N2O3S/c1-13-10-11-15(3)18(12-13)21(25(5,23)24)16(4)19(22)20-17-9-7-6-8-14(17)2/h6-12,16H,1-5H3,(H,20,22)/t16-/m1/s1. The minimum absolute atomic E-state index is 0.374. The summed E-state index contributed by atoms with van der Waals surface area (Å²) in [5.41, 5.74) is 3.84. The number of amides is 1. The lowest BCUT2D eigenvalue weighted by atomic mass is 10.1. The fraction of sp³-hybridized carbons (Fsp3) is 0.316. The van der Waals surface area contributed by atoms with Crippen LogP contribution in [-0.4, -0.2) is 26.6 Å². The van der Waals surface area contributed by atoms with E-state index >= 15 is 0 Å². The van der Waals surface area contributed by atoms with Crippen molar-refractivity contribution in [1.82, 2.24) is 0 Å². The predicted molar refractivity (Wildman–Crippen MR) is 103 cm³/mol. The van der Waals surface area contributed by atoms with Gasteiger partial charge in [0.25, 0.3) is 0 Å². The number of hydrogen-bond donors (Lipinski definition) is 1. The number of hydrogen-bond acceptors (Lipinski definition) is 3. The fourth-order valence-electron chi connectivity index (χ4n) is 2.69. The van der Waals surface area contributed by atoms with E-state index in [2.05, 4.69) is 5.32 Å². The first-order valence-electron chi connectivity index (χ1n) is 8.04. The van der Waals surface area contributed by atoms with Crippen molar-refractivity contribution in [1.29, 1.82) is 0 Å². The minimum Gasteiger partial charge on any atom is -0.324 e. The van der Waals surface area contributed by atoms with Gasteiger partial charge in [-0.05, 0) is 56.5 Å². The van der Waals surface area contributed by atoms with Crippen LogP contribution in [0.15, 0.2) is 42.5 Å². The summed E-state index contributed by atoms with van der Waals surface area (Å²) in [6.45, 7) is 7.20. The van der Waals surface area contributed by atoms with E-state index < -0.39 is 16.1 Å². The Morgan fingerprint density at radius 3 is 2.28 bits per heavy atom. The summed E-state index contributed by atoms with van der Waals surface area (Å²) in [6, 6.07) is 12.1. The summed E-state index contributed by atoms with van der Waals surface area (Å²) < 4.78 is 26.0. The van der Waals surface area contributed by atoms with E-state index in [0.29, 0.717) is 11.4 Å². The molecule has 2 aromatic carbocycles. The summed E-state index contributed by atoms with van der Waals surface area (Å²) in [7, 11) is -3.63. The van der Waals surface area contributed by atoms with Crippen LogP contribution in [0.5, 0.6) is 0 Å². The number of aryl methyl sites for hydroxylation is 3. The Morgan fingerprint density at radius 2 is 1.68 bits per heavy atom. The lowest BCUT2D eigenvalue weighted by molar-refractivity contribution is -0.116. The number of para-hydroxylation sites is 1. The number of sulfonamides is 1. The molecule has 0 heterocycles. The van der Waals surface area contributed by atoms with Crippen LogP contribution in [0.25, 0.3) is 0 Å². The normalized spacial score (nSPS) is 12.5. The van der Waals surface area contributed by atoms with Crippen molar-refractivity contribution in [3.05, 3.63) is 59.2 Å². The van der Waals surface area contributed by atoms with Gasteiger partial charge in [0, 0.05) is 5.69 Å². The maximum Gasteiger partial charge on any atom is 0.248 e. The minimum atomic E-state index is -3.63. The molecule has 1 N–H and O–H groups in total. The summed E-state index contributed by atoms with van der Waals surface area (Å²) in [5, 5.41) is 2.82. The second-order valence-corrected chi connectivity index (χ2v) is 8.19. The molecule has 0 saturated heterocycles. The van der Waals surface area contributed by atoms with Gasteiger partial charge in [-0.3, -0.25) is 9.10 Å². The zero-order valence-corrected chi connectivity index (χ0v) is 16.0. The van der Waals surface area contributed by atoms with Crippen LogP contribution < -0.4 is 9.62 Å². The molecule has 2 rings (SSSR count). The molecule has 0 bridgehead atoms. The predicted octanol–water partition coefficient (Wildman–Crippen LogP) is 3.41. The van der Waals surface area contributed by atoms with E-state index in [-0.39, 0.29) is 5.91 Å². The molecule has 0 aliphatic heterocycles. The zero-order valence-electron chi connectivity index (χ0n) is 15.2. The Hall–Kier alpha value is -2.34. The van der Waals surface area contributed by atoms with Crippen LogP contribution in [0.3, 0.4) is 0 Å². The van der Waals surface area contributed by atoms with Crippen molar-refractivity contribution in [3.63, 3.8) is 0 Å². The van der Waals surface area contributed by atoms with E-state index in [1.54, 1.807) is 19.1 Å². The number of nitrogens with one attached hydrogen (secondary N) is 1. The average Bonchev–Trinajstić information content (AvgIpc) is 2.51. The molecule has 0 unspecified atom stereocenters. The fourth-order valence-corrected chi connectivity index (χ4v) is 3.91. The number of rotatable bonds is 5. The highest BCUT2D eigenvalue weighted by Gasteiger charge is 2.30. The van der Waals surface area contributed by atoms with E-state index in [1.807, 2.05) is 51.1 Å². The van der Waals surface area contributed by atoms with Crippen LogP contribution in [0.4, 0.5) is 11.4 Å². The molecule has 5 nitrogen and oxygen atoms in total. The number of nitrogens with zero attached hydrogens (tertiary/aromatic N) is 1. The van der Waals surface area contributed by atoms with E-state index in [1.165, 1.54) is 4.31 Å². The van der Waals surface area contributed by atoms with Gasteiger partial charge in [0.15, 0.2) is 0 Å². The third-order valence-electron chi connectivity index (χ3n) is 4.09. The maximum absolute atomic E-state index is 12.7. The molecule has 0 spiro atoms. The SMILES string of the molecule is Cc1ccc(C)c(N([C@H](C)C(=O)Nc2ccccc2C)S(C)(=O)=O)c1. The highest BCUT2D eigenvalue weighted by molar-refractivity contribution is 7.92. The first kappa shape index (κ1) is 19.0. The molecule has 1 amide bonds. The molecule has 0 radical (unpaired) electrons. The largest absolute Gasteiger partial charge is 0.324 e. The third-order valence-corrected chi connectivity index (χ3v) is 5.32. The quantitative estimate of drug-likeness (QED) is 0.888. The Kier molecular flexibility index (Phi) is 5.52. The van der Waals surface area contributed by atoms with E-state index in [9.17, 15) is 13.2 Å². The molecular formula is C19H24N2O3S. The van der Waals surface area contributed by atoms with E-state index in [4.69, 9.17) is 0 Å². The summed E-state index contributed by atoms with van der Waals surface area (Å²) in [5.74, 6) is -0.374. The summed E-state index contributed by atoms with van der Waals surface area (Å²) >= 11 is 0. The first-order chi connectivity index (χ1) is 11.6. The van der Waals surface area contributed by atoms with Gasteiger partial charge in [-0.2, -0.15) is 0 Å². The molecule has 0 aliphatic carbocycles. The lowest BCUT2D eigenvalue weighted by Gasteiger charge is -2.30. The molecular weight excluding hydrogens is 336 g/mol. The molecule has 0 fully saturated rings. The lowest BCUT2D eigenvalue weighted by Crippen LogP contribution is -2.45. The first-order valence-corrected chi connectivity index (χ1v) is 9.89. The van der Waals surface area contributed by atoms with E-state index in [0.717, 1.165) is 22.9 Å². The molecule has 0 aliphatic rings. The third kappa shape index (κ3) is 4.39. The zero-order chi connectivity index (χ0) is 18.8. The van der Waals surface area contributed by atoms with Crippen LogP contribution in [-0.2, 0) is 14.8 Å². The van der Waals surface area contributed by atoms with Crippen LogP contribution >= 0.6 is 0 Å². The molecule has 0 saturated carbocycles. The molecule has 25 heavy (non-hydrogen) atoms. The Bertz CT molecular complexity index is 891. The topological polar surface area (TPSA) is 66.5 Å². The van der Waals surface area contributed by atoms with Crippen molar-refractivity contribution in [2.75, 3.05) is 15.9 Å². The monoisotopic (exact) mass is 360 g/mol. The van der Waals surface area contributed by atoms with Crippen LogP contribution in [0.1, 0.15) is 23.6 Å². The van der Waals surface area contributed by atoms with Crippen molar-refractivity contribution in [2.45, 2.75) is 33.7 Å². The smallest absolute Gasteiger partial charge is 0.248 e. The van der Waals surface area contributed by atoms with Crippen LogP contribution in [0, 0.1) is 20.8 Å². The summed E-state index contributed by atoms with van der Waals surface area (Å²) in [4.78, 5) is 12.7. The highest BCUT2D eigenvalue weighted by Crippen LogP contribution is 2.27.